The van der Waals surface area contributed by atoms with E-state index in [0.29, 0.717) is 70.7 Å². The molecule has 564 valence electrons. The standard InChI is InChI=1S/C39H44F7N3O4.C37H40F7N3O4/c1-6-53-33(51)18-30(27-15-26(16-29(35(27)40)39(44,45)46)34-23(4)8-7-9-24(34)5)47-36(52)31(14-22(2)3)49-19-25(28(17-32(49)50)38(41,42)43)10-13-48-20-37(21-48)11-12-37;1-20(2)12-29(47-17-23(26(15-30(47)48)36(39,40)41)8-11-46-18-35(19-46)9-10-35)34(51)45-28(16-31(49)50)25-13-24(14-27(33(25)38)37(42,43)44)32-21(3)6-5-7-22(32)4/h7-9,15-17,19,22,30-31H,6,10-14,18,20-21H2,1-5H3,(H,47,52);5-7,13-15,17,20,28-29H,8-12,16,18-19H2,1-4H3,(H,45,51)(H,49,50)/t30-,31?;28-,29?/m00/s1. The number of nitrogens with one attached hydrogen (secondary N) is 2. The molecule has 2 aromatic heterocycles. The van der Waals surface area contributed by atoms with Gasteiger partial charge in [0.1, 0.15) is 23.7 Å². The van der Waals surface area contributed by atoms with Crippen molar-refractivity contribution in [3.63, 3.8) is 0 Å². The number of carbonyl (C=O) groups excluding carboxylic acids is 3. The zero-order chi connectivity index (χ0) is 76.7. The second-order valence-corrected chi connectivity index (χ2v) is 29.2. The summed E-state index contributed by atoms with van der Waals surface area (Å²) in [6, 6.07) is 7.92. The van der Waals surface area contributed by atoms with Crippen LogP contribution in [0.15, 0.2) is 94.8 Å². The van der Waals surface area contributed by atoms with Crippen LogP contribution in [-0.2, 0) is 61.5 Å². The molecule has 28 heteroatoms. The maximum absolute atomic E-state index is 16.1. The van der Waals surface area contributed by atoms with Crippen LogP contribution >= 0.6 is 0 Å². The predicted molar refractivity (Wildman–Crippen MR) is 360 cm³/mol. The largest absolute Gasteiger partial charge is 0.481 e. The summed E-state index contributed by atoms with van der Waals surface area (Å²) >= 11 is 0. The number of pyridine rings is 2. The highest BCUT2D eigenvalue weighted by Gasteiger charge is 2.53. The first-order valence-corrected chi connectivity index (χ1v) is 34.4. The molecule has 14 nitrogen and oxygen atoms in total. The molecular formula is C76H84F14N6O8. The summed E-state index contributed by atoms with van der Waals surface area (Å²) in [6.07, 6.45) is -15.8. The van der Waals surface area contributed by atoms with Crippen molar-refractivity contribution in [2.45, 2.75) is 175 Å². The van der Waals surface area contributed by atoms with Crippen LogP contribution in [0.2, 0.25) is 0 Å². The number of hydrogen-bond acceptors (Lipinski definition) is 9. The third kappa shape index (κ3) is 18.8. The number of rotatable bonds is 25. The quantitative estimate of drug-likeness (QED) is 0.0370. The van der Waals surface area contributed by atoms with Crippen LogP contribution in [0.1, 0.15) is 177 Å². The maximum Gasteiger partial charge on any atom is 0.419 e. The summed E-state index contributed by atoms with van der Waals surface area (Å²) in [5.41, 5.74) is -6.07. The summed E-state index contributed by atoms with van der Waals surface area (Å²) < 4.78 is 209. The highest BCUT2D eigenvalue weighted by Crippen LogP contribution is 2.54. The predicted octanol–water partition coefficient (Wildman–Crippen LogP) is 16.2. The van der Waals surface area contributed by atoms with Gasteiger partial charge in [0, 0.05) is 74.9 Å². The number of carboxylic acids is 1. The van der Waals surface area contributed by atoms with Gasteiger partial charge in [-0.1, -0.05) is 64.1 Å². The van der Waals surface area contributed by atoms with E-state index in [1.807, 2.05) is 9.80 Å². The average molecular weight is 1480 g/mol. The molecule has 2 aliphatic heterocycles. The van der Waals surface area contributed by atoms with Gasteiger partial charge in [-0.3, -0.25) is 28.8 Å². The van der Waals surface area contributed by atoms with E-state index in [1.54, 1.807) is 91.8 Å². The number of esters is 1. The van der Waals surface area contributed by atoms with Crippen LogP contribution in [0, 0.1) is 62.0 Å². The first kappa shape index (κ1) is 79.7. The summed E-state index contributed by atoms with van der Waals surface area (Å²) in [4.78, 5) is 83.7. The van der Waals surface area contributed by atoms with Crippen molar-refractivity contribution in [1.82, 2.24) is 29.6 Å². The third-order valence-corrected chi connectivity index (χ3v) is 19.9. The number of aryl methyl sites for hydroxylation is 4. The number of aliphatic carboxylic acids is 1. The minimum absolute atomic E-state index is 0.00966. The van der Waals surface area contributed by atoms with Gasteiger partial charge in [0.2, 0.25) is 11.8 Å². The van der Waals surface area contributed by atoms with Gasteiger partial charge in [0.15, 0.2) is 0 Å². The summed E-state index contributed by atoms with van der Waals surface area (Å²) in [7, 11) is 0. The Bertz CT molecular complexity index is 4280. The molecule has 2 aliphatic carbocycles. The van der Waals surface area contributed by atoms with Crippen molar-refractivity contribution >= 4 is 23.8 Å². The van der Waals surface area contributed by atoms with Gasteiger partial charge in [-0.25, -0.2) is 8.78 Å². The molecule has 104 heavy (non-hydrogen) atoms. The second kappa shape index (κ2) is 31.0. The molecule has 4 heterocycles. The Morgan fingerprint density at radius 1 is 0.519 bits per heavy atom. The summed E-state index contributed by atoms with van der Waals surface area (Å²) in [6.45, 7) is 18.5. The molecule has 0 bridgehead atoms. The number of carboxylic acid groups (broad SMARTS) is 1. The van der Waals surface area contributed by atoms with Crippen LogP contribution in [0.5, 0.6) is 0 Å². The first-order valence-electron chi connectivity index (χ1n) is 34.4. The van der Waals surface area contributed by atoms with E-state index in [0.717, 1.165) is 85.5 Å². The lowest BCUT2D eigenvalue weighted by Gasteiger charge is -2.40. The molecule has 3 N–H and O–H groups in total. The minimum atomic E-state index is -5.19. The number of alkyl halides is 12. The van der Waals surface area contributed by atoms with E-state index in [1.165, 1.54) is 6.92 Å². The van der Waals surface area contributed by atoms with Gasteiger partial charge in [-0.15, -0.1) is 0 Å². The number of carbonyl (C=O) groups is 4. The van der Waals surface area contributed by atoms with E-state index >= 15 is 8.78 Å². The smallest absolute Gasteiger partial charge is 0.419 e. The molecule has 4 atom stereocenters. The number of benzene rings is 4. The van der Waals surface area contributed by atoms with E-state index in [4.69, 9.17) is 4.74 Å². The highest BCUT2D eigenvalue weighted by atomic mass is 19.4. The fraction of sp³-hybridized carbons (Fsp3) is 0.500. The fourth-order valence-electron chi connectivity index (χ4n) is 14.5. The van der Waals surface area contributed by atoms with E-state index in [-0.39, 0.29) is 77.2 Å². The average Bonchev–Trinajstić information content (AvgIpc) is 1.53. The van der Waals surface area contributed by atoms with E-state index < -0.39 is 142 Å². The lowest BCUT2D eigenvalue weighted by Crippen LogP contribution is -2.49. The Morgan fingerprint density at radius 3 is 1.15 bits per heavy atom. The van der Waals surface area contributed by atoms with Crippen molar-refractivity contribution in [2.75, 3.05) is 45.9 Å². The molecule has 2 saturated heterocycles. The van der Waals surface area contributed by atoms with Crippen LogP contribution < -0.4 is 21.8 Å². The minimum Gasteiger partial charge on any atom is -0.481 e. The van der Waals surface area contributed by atoms with E-state index in [9.17, 15) is 86.6 Å². The monoisotopic (exact) mass is 1470 g/mol. The number of ether oxygens (including phenoxy) is 1. The first-order chi connectivity index (χ1) is 48.4. The van der Waals surface area contributed by atoms with Gasteiger partial charge in [0.25, 0.3) is 11.1 Å². The van der Waals surface area contributed by atoms with Gasteiger partial charge in [-0.05, 0) is 189 Å². The van der Waals surface area contributed by atoms with Crippen molar-refractivity contribution in [1.29, 1.82) is 0 Å². The topological polar surface area (TPSA) is 172 Å². The molecule has 0 radical (unpaired) electrons. The molecule has 6 aromatic rings. The molecule has 2 saturated carbocycles. The van der Waals surface area contributed by atoms with Crippen molar-refractivity contribution < 1.29 is 90.5 Å². The SMILES string of the molecule is CCOC(=O)C[C@H](NC(=O)C(CC(C)C)n1cc(CCN2CC3(CC3)C2)c(C(F)(F)F)cc1=O)c1cc(-c2c(C)cccc2C)cc(C(F)(F)F)c1F.Cc1cccc(C)c1-c1cc([C@H](CC(=O)O)NC(=O)C(CC(C)C)n2cc(CCN3CC4(CC4)C3)c(C(F)(F)F)cc2=O)c(F)c(C(F)(F)F)c1. The lowest BCUT2D eigenvalue weighted by molar-refractivity contribution is -0.144. The fourth-order valence-corrected chi connectivity index (χ4v) is 14.5. The van der Waals surface area contributed by atoms with Gasteiger partial charge in [-0.2, -0.15) is 52.7 Å². The number of aromatic nitrogens is 2. The Kier molecular flexibility index (Phi) is 23.7. The van der Waals surface area contributed by atoms with Crippen molar-refractivity contribution in [2.24, 2.45) is 22.7 Å². The molecule has 2 spiro atoms. The summed E-state index contributed by atoms with van der Waals surface area (Å²) in [5.74, 6) is -8.70. The third-order valence-electron chi connectivity index (χ3n) is 19.9. The second-order valence-electron chi connectivity index (χ2n) is 29.2. The van der Waals surface area contributed by atoms with Gasteiger partial charge < -0.3 is 39.4 Å². The maximum atomic E-state index is 16.1. The molecule has 4 fully saturated rings. The zero-order valence-corrected chi connectivity index (χ0v) is 59.0. The molecule has 10 rings (SSSR count). The van der Waals surface area contributed by atoms with Crippen LogP contribution in [0.3, 0.4) is 0 Å². The molecule has 2 unspecified atom stereocenters. The Balaban J connectivity index is 0.000000241. The van der Waals surface area contributed by atoms with Gasteiger partial charge >= 0.3 is 36.6 Å². The number of hydrogen-bond donors (Lipinski definition) is 3. The van der Waals surface area contributed by atoms with E-state index in [2.05, 4.69) is 10.6 Å². The molecule has 4 aliphatic rings. The van der Waals surface area contributed by atoms with Crippen LogP contribution in [0.4, 0.5) is 61.5 Å². The van der Waals surface area contributed by atoms with Crippen molar-refractivity contribution in [3.05, 3.63) is 184 Å². The zero-order valence-electron chi connectivity index (χ0n) is 59.0. The molecular weight excluding hydrogens is 1390 g/mol. The number of nitrogens with zero attached hydrogens (tertiary/aromatic N) is 4. The molecule has 4 aromatic carbocycles. The Hall–Kier alpha value is -8.40. The Morgan fingerprint density at radius 2 is 0.856 bits per heavy atom. The number of halogens is 14. The number of likely N-dealkylation sites (tertiary alicyclic amines) is 2. The molecule has 2 amide bonds. The van der Waals surface area contributed by atoms with Crippen molar-refractivity contribution in [3.8, 4) is 22.3 Å². The Labute approximate surface area is 592 Å². The normalized spacial score (nSPS) is 16.8. The lowest BCUT2D eigenvalue weighted by atomic mass is 9.90. The highest BCUT2D eigenvalue weighted by molar-refractivity contribution is 5.83. The van der Waals surface area contributed by atoms with Crippen LogP contribution in [0.25, 0.3) is 22.3 Å². The van der Waals surface area contributed by atoms with Crippen LogP contribution in [-0.4, -0.2) is 93.7 Å². The van der Waals surface area contributed by atoms with Gasteiger partial charge in [0.05, 0.1) is 53.8 Å². The summed E-state index contributed by atoms with van der Waals surface area (Å²) in [5, 5.41) is 14.6. The number of amides is 2.